The minimum atomic E-state index is -0.557. The second-order valence-corrected chi connectivity index (χ2v) is 4.37. The van der Waals surface area contributed by atoms with Crippen LogP contribution < -0.4 is 16.4 Å². The summed E-state index contributed by atoms with van der Waals surface area (Å²) in [7, 11) is 0. The predicted molar refractivity (Wildman–Crippen MR) is 63.2 cm³/mol. The lowest BCUT2D eigenvalue weighted by molar-refractivity contribution is -0.129. The van der Waals surface area contributed by atoms with Gasteiger partial charge in [0.2, 0.25) is 17.8 Å². The van der Waals surface area contributed by atoms with E-state index in [-0.39, 0.29) is 30.3 Å². The third-order valence-electron chi connectivity index (χ3n) is 2.55. The van der Waals surface area contributed by atoms with Gasteiger partial charge in [-0.1, -0.05) is 0 Å². The fourth-order valence-electron chi connectivity index (χ4n) is 1.44. The van der Waals surface area contributed by atoms with Gasteiger partial charge in [0.1, 0.15) is 18.9 Å². The van der Waals surface area contributed by atoms with Gasteiger partial charge in [0, 0.05) is 6.04 Å². The second kappa shape index (κ2) is 5.03. The van der Waals surface area contributed by atoms with E-state index in [1.807, 2.05) is 0 Å². The Morgan fingerprint density at radius 3 is 2.89 bits per heavy atom. The van der Waals surface area contributed by atoms with Crippen molar-refractivity contribution in [3.05, 3.63) is 6.33 Å². The van der Waals surface area contributed by atoms with E-state index in [9.17, 15) is 9.59 Å². The third-order valence-corrected chi connectivity index (χ3v) is 2.55. The van der Waals surface area contributed by atoms with Crippen LogP contribution in [0, 0.1) is 0 Å². The fourth-order valence-corrected chi connectivity index (χ4v) is 1.44. The number of hydrogen-bond acceptors (Lipinski definition) is 5. The summed E-state index contributed by atoms with van der Waals surface area (Å²) in [5.74, 6) is -0.357. The Morgan fingerprint density at radius 1 is 1.61 bits per heavy atom. The molecule has 1 aliphatic carbocycles. The van der Waals surface area contributed by atoms with Gasteiger partial charge in [-0.15, -0.1) is 5.10 Å². The maximum absolute atomic E-state index is 11.6. The van der Waals surface area contributed by atoms with Crippen molar-refractivity contribution < 1.29 is 9.59 Å². The molecular formula is C10H16N6O2. The largest absolute Gasteiger partial charge is 0.367 e. The van der Waals surface area contributed by atoms with Crippen molar-refractivity contribution in [1.29, 1.82) is 0 Å². The molecule has 1 aromatic heterocycles. The molecule has 4 N–H and O–H groups in total. The molecule has 98 valence electrons. The number of carbonyl (C=O) groups excluding carboxylic acids is 2. The number of aromatic nitrogens is 3. The lowest BCUT2D eigenvalue weighted by atomic mass is 10.3. The first kappa shape index (κ1) is 12.3. The second-order valence-electron chi connectivity index (χ2n) is 4.37. The molecule has 1 atom stereocenters. The van der Waals surface area contributed by atoms with Crippen molar-refractivity contribution in [2.45, 2.75) is 38.4 Å². The molecule has 0 spiro atoms. The van der Waals surface area contributed by atoms with Crippen molar-refractivity contribution >= 4 is 17.8 Å². The standard InChI is InChI=1S/C10H16N6O2/c1-6(9(18)14-7-2-3-7)13-8(17)4-16-5-12-10(11)15-16/h5-7H,2-4H2,1H3,(H2,11,15)(H,13,17)(H,14,18). The molecule has 1 unspecified atom stereocenters. The smallest absolute Gasteiger partial charge is 0.242 e. The number of amides is 2. The topological polar surface area (TPSA) is 115 Å². The quantitative estimate of drug-likeness (QED) is 0.599. The van der Waals surface area contributed by atoms with Crippen molar-refractivity contribution in [2.75, 3.05) is 5.73 Å². The van der Waals surface area contributed by atoms with Crippen molar-refractivity contribution in [2.24, 2.45) is 0 Å². The van der Waals surface area contributed by atoms with Crippen LogP contribution in [0.2, 0.25) is 0 Å². The summed E-state index contributed by atoms with van der Waals surface area (Å²) in [6.45, 7) is 1.64. The van der Waals surface area contributed by atoms with E-state index in [1.54, 1.807) is 6.92 Å². The van der Waals surface area contributed by atoms with E-state index in [0.29, 0.717) is 0 Å². The third kappa shape index (κ3) is 3.44. The molecule has 1 fully saturated rings. The van der Waals surface area contributed by atoms with Crippen LogP contribution >= 0.6 is 0 Å². The van der Waals surface area contributed by atoms with Gasteiger partial charge < -0.3 is 16.4 Å². The van der Waals surface area contributed by atoms with Crippen LogP contribution in [0.1, 0.15) is 19.8 Å². The van der Waals surface area contributed by atoms with Gasteiger partial charge in [0.05, 0.1) is 0 Å². The highest BCUT2D eigenvalue weighted by Gasteiger charge is 2.26. The molecule has 1 aliphatic rings. The van der Waals surface area contributed by atoms with Gasteiger partial charge in [0.25, 0.3) is 0 Å². The van der Waals surface area contributed by atoms with Crippen LogP contribution in [0.4, 0.5) is 5.95 Å². The van der Waals surface area contributed by atoms with Crippen LogP contribution in [0.25, 0.3) is 0 Å². The zero-order valence-electron chi connectivity index (χ0n) is 10.1. The van der Waals surface area contributed by atoms with Crippen molar-refractivity contribution in [1.82, 2.24) is 25.4 Å². The lowest BCUT2D eigenvalue weighted by Gasteiger charge is -2.13. The molecule has 2 rings (SSSR count). The number of nitrogens with two attached hydrogens (primary N) is 1. The van der Waals surface area contributed by atoms with Gasteiger partial charge in [-0.3, -0.25) is 9.59 Å². The Hall–Kier alpha value is -2.12. The van der Waals surface area contributed by atoms with Crippen LogP contribution in [0.15, 0.2) is 6.33 Å². The molecule has 1 saturated carbocycles. The summed E-state index contributed by atoms with van der Waals surface area (Å²) < 4.78 is 1.32. The first-order chi connectivity index (χ1) is 8.54. The maximum atomic E-state index is 11.6. The summed E-state index contributed by atoms with van der Waals surface area (Å²) in [6, 6.07) is -0.272. The summed E-state index contributed by atoms with van der Waals surface area (Å²) in [6.07, 6.45) is 3.40. The maximum Gasteiger partial charge on any atom is 0.242 e. The van der Waals surface area contributed by atoms with E-state index >= 15 is 0 Å². The highest BCUT2D eigenvalue weighted by Crippen LogP contribution is 2.18. The van der Waals surface area contributed by atoms with Crippen LogP contribution in [-0.2, 0) is 16.1 Å². The van der Waals surface area contributed by atoms with Gasteiger partial charge in [-0.25, -0.2) is 9.67 Å². The molecular weight excluding hydrogens is 236 g/mol. The average Bonchev–Trinajstić information content (AvgIpc) is 3.01. The molecule has 0 radical (unpaired) electrons. The van der Waals surface area contributed by atoms with Gasteiger partial charge in [-0.05, 0) is 19.8 Å². The molecule has 0 saturated heterocycles. The van der Waals surface area contributed by atoms with E-state index in [0.717, 1.165) is 12.8 Å². The molecule has 0 aromatic carbocycles. The number of nitrogen functional groups attached to an aromatic ring is 1. The van der Waals surface area contributed by atoms with Crippen LogP contribution in [0.3, 0.4) is 0 Å². The summed E-state index contributed by atoms with van der Waals surface area (Å²) in [5, 5.41) is 9.19. The van der Waals surface area contributed by atoms with Gasteiger partial charge in [-0.2, -0.15) is 0 Å². The SMILES string of the molecule is CC(NC(=O)Cn1cnc(N)n1)C(=O)NC1CC1. The number of nitrogens with one attached hydrogen (secondary N) is 2. The normalized spacial score (nSPS) is 16.1. The summed E-state index contributed by atoms with van der Waals surface area (Å²) in [5.41, 5.74) is 5.33. The first-order valence-corrected chi connectivity index (χ1v) is 5.79. The number of nitrogens with zero attached hydrogens (tertiary/aromatic N) is 3. The molecule has 0 bridgehead atoms. The molecule has 18 heavy (non-hydrogen) atoms. The zero-order valence-corrected chi connectivity index (χ0v) is 10.1. The van der Waals surface area contributed by atoms with Gasteiger partial charge in [0.15, 0.2) is 0 Å². The fraction of sp³-hybridized carbons (Fsp3) is 0.600. The molecule has 1 aromatic rings. The minimum absolute atomic E-state index is 0.00868. The molecule has 1 heterocycles. The lowest BCUT2D eigenvalue weighted by Crippen LogP contribution is -2.46. The number of carbonyl (C=O) groups is 2. The van der Waals surface area contributed by atoms with Gasteiger partial charge >= 0.3 is 0 Å². The summed E-state index contributed by atoms with van der Waals surface area (Å²) >= 11 is 0. The number of anilines is 1. The molecule has 8 heteroatoms. The summed E-state index contributed by atoms with van der Waals surface area (Å²) in [4.78, 5) is 26.9. The number of rotatable bonds is 5. The molecule has 2 amide bonds. The van der Waals surface area contributed by atoms with E-state index in [2.05, 4.69) is 20.7 Å². The van der Waals surface area contributed by atoms with Crippen LogP contribution in [0.5, 0.6) is 0 Å². The zero-order chi connectivity index (χ0) is 13.1. The Kier molecular flexibility index (Phi) is 3.45. The van der Waals surface area contributed by atoms with Crippen molar-refractivity contribution in [3.63, 3.8) is 0 Å². The van der Waals surface area contributed by atoms with E-state index < -0.39 is 6.04 Å². The number of hydrogen-bond donors (Lipinski definition) is 3. The minimum Gasteiger partial charge on any atom is -0.367 e. The molecule has 0 aliphatic heterocycles. The monoisotopic (exact) mass is 252 g/mol. The first-order valence-electron chi connectivity index (χ1n) is 5.79. The van der Waals surface area contributed by atoms with E-state index in [1.165, 1.54) is 11.0 Å². The highest BCUT2D eigenvalue weighted by molar-refractivity contribution is 5.87. The Labute approximate surface area is 104 Å². The van der Waals surface area contributed by atoms with Crippen LogP contribution in [-0.4, -0.2) is 38.7 Å². The van der Waals surface area contributed by atoms with Crippen molar-refractivity contribution in [3.8, 4) is 0 Å². The average molecular weight is 252 g/mol. The Balaban J connectivity index is 1.77. The van der Waals surface area contributed by atoms with E-state index in [4.69, 9.17) is 5.73 Å². The highest BCUT2D eigenvalue weighted by atomic mass is 16.2. The predicted octanol–water partition coefficient (Wildman–Crippen LogP) is -1.36. The molecule has 8 nitrogen and oxygen atoms in total. The Bertz CT molecular complexity index is 453. The Morgan fingerprint density at radius 2 is 2.33 bits per heavy atom.